The number of nitrogens with two attached hydrogens (primary N) is 1. The lowest BCUT2D eigenvalue weighted by Gasteiger charge is -2.39. The second-order valence-electron chi connectivity index (χ2n) is 7.11. The third kappa shape index (κ3) is 5.43. The first-order chi connectivity index (χ1) is 12.8. The first kappa shape index (κ1) is 19.1. The molecule has 0 spiro atoms. The number of likely N-dealkylation sites (tertiary alicyclic amines) is 1. The van der Waals surface area contributed by atoms with E-state index >= 15 is 0 Å². The summed E-state index contributed by atoms with van der Waals surface area (Å²) in [4.78, 5) is 17.5. The number of carbonyl (C=O) groups excluding carboxylic acids is 1. The molecule has 0 aromatic heterocycles. The van der Waals surface area contributed by atoms with E-state index in [9.17, 15) is 4.79 Å². The first-order valence-electron chi connectivity index (χ1n) is 9.77. The van der Waals surface area contributed by atoms with Gasteiger partial charge in [0.25, 0.3) is 0 Å². The van der Waals surface area contributed by atoms with Crippen molar-refractivity contribution in [1.82, 2.24) is 9.80 Å². The summed E-state index contributed by atoms with van der Waals surface area (Å²) in [6.45, 7) is 6.36. The minimum atomic E-state index is 0.221. The van der Waals surface area contributed by atoms with Gasteiger partial charge in [0.2, 0.25) is 5.91 Å². The van der Waals surface area contributed by atoms with Crippen LogP contribution in [-0.2, 0) is 16.0 Å². The number of morpholine rings is 1. The third-order valence-corrected chi connectivity index (χ3v) is 5.16. The van der Waals surface area contributed by atoms with Gasteiger partial charge in [-0.25, -0.2) is 0 Å². The minimum absolute atomic E-state index is 0.221. The van der Waals surface area contributed by atoms with Crippen molar-refractivity contribution < 1.29 is 14.3 Å². The van der Waals surface area contributed by atoms with E-state index in [1.807, 2.05) is 24.3 Å². The summed E-state index contributed by atoms with van der Waals surface area (Å²) in [6.07, 6.45) is 3.84. The van der Waals surface area contributed by atoms with E-state index in [2.05, 4.69) is 9.80 Å². The molecule has 0 aliphatic carbocycles. The van der Waals surface area contributed by atoms with Crippen LogP contribution >= 0.6 is 0 Å². The highest BCUT2D eigenvalue weighted by atomic mass is 16.5. The van der Waals surface area contributed by atoms with Gasteiger partial charge in [-0.05, 0) is 37.0 Å². The summed E-state index contributed by atoms with van der Waals surface area (Å²) in [7, 11) is 0. The van der Waals surface area contributed by atoms with Crippen molar-refractivity contribution in [2.75, 3.05) is 52.5 Å². The van der Waals surface area contributed by atoms with Crippen LogP contribution in [-0.4, -0.2) is 74.3 Å². The molecule has 2 aliphatic heterocycles. The number of benzene rings is 1. The Hall–Kier alpha value is -1.63. The Morgan fingerprint density at radius 1 is 1.23 bits per heavy atom. The number of nitrogens with zero attached hydrogens (tertiary/aromatic N) is 2. The monoisotopic (exact) mass is 361 g/mol. The average molecular weight is 361 g/mol. The molecule has 6 nitrogen and oxygen atoms in total. The Balaban J connectivity index is 1.59. The summed E-state index contributed by atoms with van der Waals surface area (Å²) in [5, 5.41) is 0. The van der Waals surface area contributed by atoms with E-state index in [0.717, 1.165) is 63.5 Å². The molecule has 26 heavy (non-hydrogen) atoms. The number of rotatable bonds is 7. The van der Waals surface area contributed by atoms with Gasteiger partial charge in [-0.1, -0.05) is 12.1 Å². The number of amides is 1. The molecule has 0 bridgehead atoms. The lowest BCUT2D eigenvalue weighted by Crippen LogP contribution is -2.51. The summed E-state index contributed by atoms with van der Waals surface area (Å²) in [6, 6.07) is 8.12. The maximum atomic E-state index is 13.0. The topological polar surface area (TPSA) is 68.0 Å². The number of carbonyl (C=O) groups is 1. The van der Waals surface area contributed by atoms with Crippen molar-refractivity contribution in [2.45, 2.75) is 31.7 Å². The van der Waals surface area contributed by atoms with Crippen molar-refractivity contribution in [3.63, 3.8) is 0 Å². The molecule has 1 aromatic carbocycles. The lowest BCUT2D eigenvalue weighted by molar-refractivity contribution is -0.134. The van der Waals surface area contributed by atoms with Crippen LogP contribution in [0.15, 0.2) is 24.3 Å². The maximum Gasteiger partial charge on any atom is 0.227 e. The molecule has 3 rings (SSSR count). The summed E-state index contributed by atoms with van der Waals surface area (Å²) in [5.41, 5.74) is 6.49. The van der Waals surface area contributed by atoms with Crippen molar-refractivity contribution in [3.8, 4) is 5.75 Å². The molecular formula is C20H31N3O3. The Bertz CT molecular complexity index is 575. The predicted octanol–water partition coefficient (Wildman–Crippen LogP) is 1.28. The number of ether oxygens (including phenoxy) is 2. The third-order valence-electron chi connectivity index (χ3n) is 5.16. The van der Waals surface area contributed by atoms with Gasteiger partial charge in [0.1, 0.15) is 12.4 Å². The highest BCUT2D eigenvalue weighted by Gasteiger charge is 2.28. The highest BCUT2D eigenvalue weighted by molar-refractivity contribution is 5.79. The number of hydrogen-bond acceptors (Lipinski definition) is 5. The van der Waals surface area contributed by atoms with Crippen molar-refractivity contribution in [1.29, 1.82) is 0 Å². The molecule has 2 N–H and O–H groups in total. The van der Waals surface area contributed by atoms with E-state index in [-0.39, 0.29) is 5.91 Å². The van der Waals surface area contributed by atoms with Gasteiger partial charge in [-0.3, -0.25) is 9.69 Å². The van der Waals surface area contributed by atoms with Crippen LogP contribution in [0.4, 0.5) is 0 Å². The van der Waals surface area contributed by atoms with Gasteiger partial charge in [0, 0.05) is 38.8 Å². The largest absolute Gasteiger partial charge is 0.492 e. The van der Waals surface area contributed by atoms with Crippen LogP contribution in [0.2, 0.25) is 0 Å². The van der Waals surface area contributed by atoms with Crippen molar-refractivity contribution in [3.05, 3.63) is 29.8 Å². The van der Waals surface area contributed by atoms with Gasteiger partial charge in [-0.2, -0.15) is 0 Å². The number of hydrogen-bond donors (Lipinski definition) is 1. The van der Waals surface area contributed by atoms with E-state index in [1.54, 1.807) is 0 Å². The molecule has 1 atom stereocenters. The molecule has 2 fully saturated rings. The Labute approximate surface area is 156 Å². The lowest BCUT2D eigenvalue weighted by atomic mass is 10.00. The van der Waals surface area contributed by atoms with Gasteiger partial charge in [0.05, 0.1) is 19.6 Å². The van der Waals surface area contributed by atoms with Gasteiger partial charge < -0.3 is 20.1 Å². The van der Waals surface area contributed by atoms with E-state index in [1.165, 1.54) is 6.42 Å². The van der Waals surface area contributed by atoms with Crippen LogP contribution in [0.3, 0.4) is 0 Å². The molecule has 1 amide bonds. The molecule has 0 saturated carbocycles. The predicted molar refractivity (Wildman–Crippen MR) is 101 cm³/mol. The van der Waals surface area contributed by atoms with Gasteiger partial charge >= 0.3 is 0 Å². The fourth-order valence-electron chi connectivity index (χ4n) is 3.80. The Morgan fingerprint density at radius 3 is 2.88 bits per heavy atom. The maximum absolute atomic E-state index is 13.0. The zero-order valence-corrected chi connectivity index (χ0v) is 15.6. The Kier molecular flexibility index (Phi) is 7.29. The second kappa shape index (κ2) is 9.90. The normalized spacial score (nSPS) is 21.6. The smallest absolute Gasteiger partial charge is 0.227 e. The van der Waals surface area contributed by atoms with E-state index in [4.69, 9.17) is 15.2 Å². The quantitative estimate of drug-likeness (QED) is 0.792. The molecule has 2 heterocycles. The first-order valence-corrected chi connectivity index (χ1v) is 9.77. The fourth-order valence-corrected chi connectivity index (χ4v) is 3.80. The molecule has 0 unspecified atom stereocenters. The minimum Gasteiger partial charge on any atom is -0.492 e. The van der Waals surface area contributed by atoms with E-state index < -0.39 is 0 Å². The SMILES string of the molecule is NCCOc1cccc(CC(=O)N2CCCC[C@@H]2CN2CCOCC2)c1. The number of piperidine rings is 1. The van der Waals surface area contributed by atoms with Crippen LogP contribution in [0.25, 0.3) is 0 Å². The fraction of sp³-hybridized carbons (Fsp3) is 0.650. The zero-order chi connectivity index (χ0) is 18.2. The molecule has 144 valence electrons. The highest BCUT2D eigenvalue weighted by Crippen LogP contribution is 2.21. The van der Waals surface area contributed by atoms with E-state index in [0.29, 0.717) is 25.6 Å². The van der Waals surface area contributed by atoms with Crippen molar-refractivity contribution >= 4 is 5.91 Å². The average Bonchev–Trinajstić information content (AvgIpc) is 2.68. The molecule has 2 saturated heterocycles. The Morgan fingerprint density at radius 2 is 2.08 bits per heavy atom. The summed E-state index contributed by atoms with van der Waals surface area (Å²) in [5.74, 6) is 1.00. The van der Waals surface area contributed by atoms with Gasteiger partial charge in [0.15, 0.2) is 0 Å². The molecular weight excluding hydrogens is 330 g/mol. The van der Waals surface area contributed by atoms with Crippen LogP contribution in [0, 0.1) is 0 Å². The molecule has 6 heteroatoms. The molecule has 1 aromatic rings. The molecule has 2 aliphatic rings. The summed E-state index contributed by atoms with van der Waals surface area (Å²) < 4.78 is 11.0. The summed E-state index contributed by atoms with van der Waals surface area (Å²) >= 11 is 0. The zero-order valence-electron chi connectivity index (χ0n) is 15.6. The molecule has 0 radical (unpaired) electrons. The second-order valence-corrected chi connectivity index (χ2v) is 7.11. The van der Waals surface area contributed by atoms with Crippen LogP contribution in [0.5, 0.6) is 5.75 Å². The van der Waals surface area contributed by atoms with Crippen LogP contribution < -0.4 is 10.5 Å². The van der Waals surface area contributed by atoms with Gasteiger partial charge in [-0.15, -0.1) is 0 Å². The van der Waals surface area contributed by atoms with Crippen LogP contribution in [0.1, 0.15) is 24.8 Å². The van der Waals surface area contributed by atoms with Crippen molar-refractivity contribution in [2.24, 2.45) is 5.73 Å². The standard InChI is InChI=1S/C20H31N3O3/c21-7-11-26-19-6-3-4-17(14-19)15-20(24)23-8-2-1-5-18(23)16-22-9-12-25-13-10-22/h3-4,6,14,18H,1-2,5,7-13,15-16,21H2/t18-/m1/s1.